The number of aromatic hydroxyl groups is 1. The van der Waals surface area contributed by atoms with Gasteiger partial charge in [0.1, 0.15) is 5.75 Å². The van der Waals surface area contributed by atoms with Crippen LogP contribution in [0.5, 0.6) is 5.75 Å². The molecular weight excluding hydrogens is 226 g/mol. The normalized spacial score (nSPS) is 14.3. The van der Waals surface area contributed by atoms with E-state index in [1.807, 2.05) is 29.1 Å². The van der Waals surface area contributed by atoms with E-state index in [2.05, 4.69) is 24.3 Å². The van der Waals surface area contributed by atoms with Crippen LogP contribution in [0.4, 0.5) is 0 Å². The van der Waals surface area contributed by atoms with E-state index in [0.29, 0.717) is 11.8 Å². The summed E-state index contributed by atoms with van der Waals surface area (Å²) in [4.78, 5) is 0. The van der Waals surface area contributed by atoms with Crippen LogP contribution in [0.15, 0.2) is 42.7 Å². The minimum absolute atomic E-state index is 0.246. The van der Waals surface area contributed by atoms with Gasteiger partial charge in [0.25, 0.3) is 0 Å². The number of phenolic OH excluding ortho intramolecular Hbond substituents is 1. The Morgan fingerprint density at radius 3 is 2.61 bits per heavy atom. The highest BCUT2D eigenvalue weighted by atomic mass is 16.3. The largest absolute Gasteiger partial charge is 0.508 e. The van der Waals surface area contributed by atoms with Crippen molar-refractivity contribution in [3.8, 4) is 5.75 Å². The minimum Gasteiger partial charge on any atom is -0.508 e. The highest BCUT2D eigenvalue weighted by molar-refractivity contribution is 5.27. The lowest BCUT2D eigenvalue weighted by Crippen LogP contribution is -2.32. The Kier molecular flexibility index (Phi) is 3.99. The molecular formula is C14H19N3O. The summed E-state index contributed by atoms with van der Waals surface area (Å²) in [6.07, 6.45) is 3.75. The average molecular weight is 245 g/mol. The van der Waals surface area contributed by atoms with E-state index in [-0.39, 0.29) is 6.04 Å². The third kappa shape index (κ3) is 3.34. The molecule has 2 rings (SSSR count). The van der Waals surface area contributed by atoms with Gasteiger partial charge in [-0.1, -0.05) is 12.1 Å². The molecule has 0 fully saturated rings. The van der Waals surface area contributed by atoms with Gasteiger partial charge in [-0.3, -0.25) is 4.68 Å². The zero-order chi connectivity index (χ0) is 13.0. The van der Waals surface area contributed by atoms with Gasteiger partial charge < -0.3 is 10.4 Å². The lowest BCUT2D eigenvalue weighted by atomic mass is 10.1. The molecule has 2 unspecified atom stereocenters. The number of rotatable bonds is 5. The van der Waals surface area contributed by atoms with Crippen molar-refractivity contribution in [2.24, 2.45) is 0 Å². The Balaban J connectivity index is 1.90. The first-order valence-electron chi connectivity index (χ1n) is 6.17. The molecule has 0 saturated carbocycles. The van der Waals surface area contributed by atoms with Crippen molar-refractivity contribution in [3.63, 3.8) is 0 Å². The van der Waals surface area contributed by atoms with Gasteiger partial charge in [-0.25, -0.2) is 0 Å². The Morgan fingerprint density at radius 2 is 2.00 bits per heavy atom. The number of nitrogens with zero attached hydrogens (tertiary/aromatic N) is 2. The molecule has 0 bridgehead atoms. The van der Waals surface area contributed by atoms with Crippen LogP contribution in [0.2, 0.25) is 0 Å². The van der Waals surface area contributed by atoms with Crippen LogP contribution in [0, 0.1) is 0 Å². The molecule has 0 aliphatic heterocycles. The van der Waals surface area contributed by atoms with E-state index in [9.17, 15) is 5.11 Å². The molecule has 0 radical (unpaired) electrons. The fourth-order valence-corrected chi connectivity index (χ4v) is 2.03. The van der Waals surface area contributed by atoms with Crippen LogP contribution in [0.1, 0.15) is 25.5 Å². The lowest BCUT2D eigenvalue weighted by molar-refractivity contribution is 0.412. The summed E-state index contributed by atoms with van der Waals surface area (Å²) < 4.78 is 1.92. The van der Waals surface area contributed by atoms with Crippen molar-refractivity contribution in [3.05, 3.63) is 48.3 Å². The van der Waals surface area contributed by atoms with Crippen LogP contribution in [0.3, 0.4) is 0 Å². The summed E-state index contributed by atoms with van der Waals surface area (Å²) in [5.41, 5.74) is 1.17. The quantitative estimate of drug-likeness (QED) is 0.850. The van der Waals surface area contributed by atoms with E-state index in [4.69, 9.17) is 0 Å². The Morgan fingerprint density at radius 1 is 1.28 bits per heavy atom. The van der Waals surface area contributed by atoms with Crippen LogP contribution >= 0.6 is 0 Å². The maximum atomic E-state index is 9.26. The monoisotopic (exact) mass is 245 g/mol. The van der Waals surface area contributed by atoms with E-state index >= 15 is 0 Å². The van der Waals surface area contributed by atoms with Crippen molar-refractivity contribution in [2.75, 3.05) is 0 Å². The molecule has 0 amide bonds. The zero-order valence-corrected chi connectivity index (χ0v) is 10.7. The summed E-state index contributed by atoms with van der Waals surface area (Å²) in [7, 11) is 0. The second kappa shape index (κ2) is 5.69. The highest BCUT2D eigenvalue weighted by Gasteiger charge is 2.09. The van der Waals surface area contributed by atoms with Crippen LogP contribution < -0.4 is 5.32 Å². The molecule has 4 nitrogen and oxygen atoms in total. The van der Waals surface area contributed by atoms with Gasteiger partial charge in [0, 0.05) is 24.5 Å². The molecule has 2 aromatic rings. The number of phenols is 1. The van der Waals surface area contributed by atoms with Crippen molar-refractivity contribution >= 4 is 0 Å². The molecule has 2 N–H and O–H groups in total. The molecule has 1 aromatic heterocycles. The topological polar surface area (TPSA) is 50.1 Å². The third-order valence-corrected chi connectivity index (χ3v) is 2.95. The van der Waals surface area contributed by atoms with Crippen LogP contribution in [-0.4, -0.2) is 20.9 Å². The van der Waals surface area contributed by atoms with E-state index < -0.39 is 0 Å². The Hall–Kier alpha value is -1.81. The first-order valence-corrected chi connectivity index (χ1v) is 6.17. The number of benzene rings is 1. The maximum Gasteiger partial charge on any atom is 0.115 e. The molecule has 96 valence electrons. The summed E-state index contributed by atoms with van der Waals surface area (Å²) in [5.74, 6) is 0.301. The fourth-order valence-electron chi connectivity index (χ4n) is 2.03. The molecule has 0 saturated heterocycles. The van der Waals surface area contributed by atoms with Crippen molar-refractivity contribution < 1.29 is 5.11 Å². The van der Waals surface area contributed by atoms with Gasteiger partial charge in [-0.05, 0) is 37.6 Å². The molecule has 4 heteroatoms. The molecule has 0 aliphatic rings. The third-order valence-electron chi connectivity index (χ3n) is 2.95. The minimum atomic E-state index is 0.246. The Labute approximate surface area is 107 Å². The fraction of sp³-hybridized carbons (Fsp3) is 0.357. The number of hydrogen-bond donors (Lipinski definition) is 2. The standard InChI is InChI=1S/C14H19N3O/c1-11(10-17-9-3-8-15-17)16-12(2)13-4-6-14(18)7-5-13/h3-9,11-12,16,18H,10H2,1-2H3. The van der Waals surface area contributed by atoms with Gasteiger partial charge in [0.05, 0.1) is 6.54 Å². The smallest absolute Gasteiger partial charge is 0.115 e. The predicted octanol–water partition coefficient (Wildman–Crippen LogP) is 2.33. The highest BCUT2D eigenvalue weighted by Crippen LogP contribution is 2.16. The maximum absolute atomic E-state index is 9.26. The lowest BCUT2D eigenvalue weighted by Gasteiger charge is -2.20. The molecule has 18 heavy (non-hydrogen) atoms. The van der Waals surface area contributed by atoms with Gasteiger partial charge in [0.2, 0.25) is 0 Å². The predicted molar refractivity (Wildman–Crippen MR) is 71.3 cm³/mol. The molecule has 1 heterocycles. The van der Waals surface area contributed by atoms with Crippen LogP contribution in [0.25, 0.3) is 0 Å². The zero-order valence-electron chi connectivity index (χ0n) is 10.7. The number of aromatic nitrogens is 2. The first-order chi connectivity index (χ1) is 8.65. The van der Waals surface area contributed by atoms with E-state index in [1.165, 1.54) is 5.56 Å². The Bertz CT molecular complexity index is 464. The molecule has 0 spiro atoms. The summed E-state index contributed by atoms with van der Waals surface area (Å²) in [5, 5.41) is 17.0. The summed E-state index contributed by atoms with van der Waals surface area (Å²) >= 11 is 0. The molecule has 0 aliphatic carbocycles. The van der Waals surface area contributed by atoms with Crippen LogP contribution in [-0.2, 0) is 6.54 Å². The number of hydrogen-bond acceptors (Lipinski definition) is 3. The second-order valence-corrected chi connectivity index (χ2v) is 4.61. The molecule has 2 atom stereocenters. The van der Waals surface area contributed by atoms with E-state index in [1.54, 1.807) is 18.3 Å². The summed E-state index contributed by atoms with van der Waals surface area (Å²) in [6.45, 7) is 5.10. The second-order valence-electron chi connectivity index (χ2n) is 4.61. The first kappa shape index (κ1) is 12.6. The van der Waals surface area contributed by atoms with Gasteiger partial charge in [-0.15, -0.1) is 0 Å². The van der Waals surface area contributed by atoms with Crippen molar-refractivity contribution in [1.82, 2.24) is 15.1 Å². The average Bonchev–Trinajstić information content (AvgIpc) is 2.82. The molecule has 1 aromatic carbocycles. The van der Waals surface area contributed by atoms with Gasteiger partial charge in [-0.2, -0.15) is 5.10 Å². The SMILES string of the molecule is CC(Cn1cccn1)NC(C)c1ccc(O)cc1. The summed E-state index contributed by atoms with van der Waals surface area (Å²) in [6, 6.07) is 9.80. The van der Waals surface area contributed by atoms with Gasteiger partial charge in [0.15, 0.2) is 0 Å². The van der Waals surface area contributed by atoms with Gasteiger partial charge >= 0.3 is 0 Å². The number of nitrogens with one attached hydrogen (secondary N) is 1. The van der Waals surface area contributed by atoms with E-state index in [0.717, 1.165) is 6.54 Å². The van der Waals surface area contributed by atoms with Crippen molar-refractivity contribution in [2.45, 2.75) is 32.5 Å². The van der Waals surface area contributed by atoms with Crippen molar-refractivity contribution in [1.29, 1.82) is 0 Å².